The third kappa shape index (κ3) is 1.73. The summed E-state index contributed by atoms with van der Waals surface area (Å²) in [5, 5.41) is 7.58. The van der Waals surface area contributed by atoms with E-state index in [0.717, 1.165) is 24.0 Å². The van der Waals surface area contributed by atoms with Crippen molar-refractivity contribution >= 4 is 16.7 Å². The van der Waals surface area contributed by atoms with Gasteiger partial charge in [0.05, 0.1) is 0 Å². The summed E-state index contributed by atoms with van der Waals surface area (Å²) in [5.74, 6) is 0.855. The number of rotatable bonds is 2. The highest BCUT2D eigenvalue weighted by Gasteiger charge is 2.14. The Morgan fingerprint density at radius 2 is 2.58 bits per heavy atom. The summed E-state index contributed by atoms with van der Waals surface area (Å²) in [6, 6.07) is 0.539. The molecule has 66 valence electrons. The van der Waals surface area contributed by atoms with E-state index in [1.807, 2.05) is 6.92 Å². The van der Waals surface area contributed by atoms with E-state index in [-0.39, 0.29) is 0 Å². The van der Waals surface area contributed by atoms with Gasteiger partial charge in [-0.15, -0.1) is 0 Å². The van der Waals surface area contributed by atoms with Crippen LogP contribution in [0.5, 0.6) is 0 Å². The maximum Gasteiger partial charge on any atom is 0.202 e. The van der Waals surface area contributed by atoms with Crippen molar-refractivity contribution in [2.24, 2.45) is 0 Å². The molecular weight excluding hydrogens is 172 g/mol. The highest BCUT2D eigenvalue weighted by Crippen LogP contribution is 2.13. The zero-order valence-corrected chi connectivity index (χ0v) is 7.82. The van der Waals surface area contributed by atoms with Gasteiger partial charge in [0.1, 0.15) is 5.82 Å². The summed E-state index contributed by atoms with van der Waals surface area (Å²) < 4.78 is 4.11. The van der Waals surface area contributed by atoms with Crippen LogP contribution in [0.25, 0.3) is 0 Å². The lowest BCUT2D eigenvalue weighted by atomic mass is 10.3. The summed E-state index contributed by atoms with van der Waals surface area (Å²) >= 11 is 1.44. The molecule has 1 fully saturated rings. The first-order valence-electron chi connectivity index (χ1n) is 4.12. The quantitative estimate of drug-likeness (QED) is 0.707. The molecule has 2 N–H and O–H groups in total. The molecule has 2 heterocycles. The van der Waals surface area contributed by atoms with E-state index in [1.165, 1.54) is 18.0 Å². The molecule has 0 spiro atoms. The molecule has 2 rings (SSSR count). The topological polar surface area (TPSA) is 49.8 Å². The minimum Gasteiger partial charge on any atom is -0.356 e. The van der Waals surface area contributed by atoms with Crippen molar-refractivity contribution in [2.45, 2.75) is 19.4 Å². The summed E-state index contributed by atoms with van der Waals surface area (Å²) in [5.41, 5.74) is 0. The van der Waals surface area contributed by atoms with Crippen LogP contribution in [-0.2, 0) is 0 Å². The highest BCUT2D eigenvalue weighted by atomic mass is 32.1. The lowest BCUT2D eigenvalue weighted by Crippen LogP contribution is -2.21. The van der Waals surface area contributed by atoms with E-state index < -0.39 is 0 Å². The van der Waals surface area contributed by atoms with Crippen molar-refractivity contribution in [3.8, 4) is 0 Å². The molecule has 1 aromatic heterocycles. The van der Waals surface area contributed by atoms with Crippen LogP contribution in [0.15, 0.2) is 0 Å². The maximum absolute atomic E-state index is 4.24. The predicted molar refractivity (Wildman–Crippen MR) is 49.5 cm³/mol. The van der Waals surface area contributed by atoms with Gasteiger partial charge < -0.3 is 10.6 Å². The first-order chi connectivity index (χ1) is 5.84. The SMILES string of the molecule is Cc1nsc(N[C@@H]2CCNC2)n1. The Balaban J connectivity index is 1.94. The number of hydrogen-bond donors (Lipinski definition) is 2. The monoisotopic (exact) mass is 184 g/mol. The Labute approximate surface area is 75.6 Å². The van der Waals surface area contributed by atoms with Crippen LogP contribution in [0.4, 0.5) is 5.13 Å². The van der Waals surface area contributed by atoms with Crippen molar-refractivity contribution in [2.75, 3.05) is 18.4 Å². The van der Waals surface area contributed by atoms with Crippen molar-refractivity contribution in [3.63, 3.8) is 0 Å². The number of nitrogens with one attached hydrogen (secondary N) is 2. The molecular formula is C7H12N4S. The zero-order chi connectivity index (χ0) is 8.39. The van der Waals surface area contributed by atoms with E-state index in [9.17, 15) is 0 Å². The molecule has 4 nitrogen and oxygen atoms in total. The molecule has 1 aliphatic heterocycles. The molecule has 1 aliphatic rings. The minimum atomic E-state index is 0.539. The molecule has 0 bridgehead atoms. The summed E-state index contributed by atoms with van der Waals surface area (Å²) in [6.45, 7) is 4.06. The Hall–Kier alpha value is -0.680. The Morgan fingerprint density at radius 3 is 3.17 bits per heavy atom. The number of hydrogen-bond acceptors (Lipinski definition) is 5. The summed E-state index contributed by atoms with van der Waals surface area (Å²) in [6.07, 6.45) is 1.18. The van der Waals surface area contributed by atoms with Gasteiger partial charge >= 0.3 is 0 Å². The van der Waals surface area contributed by atoms with Crippen molar-refractivity contribution in [1.82, 2.24) is 14.7 Å². The minimum absolute atomic E-state index is 0.539. The average Bonchev–Trinajstić information content (AvgIpc) is 2.63. The van der Waals surface area contributed by atoms with Gasteiger partial charge in [0.25, 0.3) is 0 Å². The van der Waals surface area contributed by atoms with E-state index in [4.69, 9.17) is 0 Å². The lowest BCUT2D eigenvalue weighted by Gasteiger charge is -2.07. The number of nitrogens with zero attached hydrogens (tertiary/aromatic N) is 2. The second-order valence-electron chi connectivity index (χ2n) is 2.98. The molecule has 1 aromatic rings. The van der Waals surface area contributed by atoms with Gasteiger partial charge in [0, 0.05) is 24.1 Å². The molecule has 12 heavy (non-hydrogen) atoms. The van der Waals surface area contributed by atoms with Crippen molar-refractivity contribution in [3.05, 3.63) is 5.82 Å². The number of aromatic nitrogens is 2. The average molecular weight is 184 g/mol. The van der Waals surface area contributed by atoms with Crippen LogP contribution < -0.4 is 10.6 Å². The van der Waals surface area contributed by atoms with Crippen LogP contribution in [0.3, 0.4) is 0 Å². The standard InChI is InChI=1S/C7H12N4S/c1-5-9-7(12-11-5)10-6-2-3-8-4-6/h6,8H,2-4H2,1H3,(H,9,10,11)/t6-/m1/s1. The third-order valence-corrected chi connectivity index (χ3v) is 2.65. The molecule has 0 aromatic carbocycles. The van der Waals surface area contributed by atoms with Gasteiger partial charge in [-0.1, -0.05) is 0 Å². The van der Waals surface area contributed by atoms with E-state index in [0.29, 0.717) is 6.04 Å². The van der Waals surface area contributed by atoms with Gasteiger partial charge in [0.15, 0.2) is 0 Å². The Kier molecular flexibility index (Phi) is 2.23. The van der Waals surface area contributed by atoms with Gasteiger partial charge in [-0.25, -0.2) is 4.98 Å². The van der Waals surface area contributed by atoms with E-state index in [1.54, 1.807) is 0 Å². The molecule has 0 amide bonds. The Bertz CT molecular complexity index is 254. The summed E-state index contributed by atoms with van der Waals surface area (Å²) in [4.78, 5) is 4.24. The van der Waals surface area contributed by atoms with Crippen LogP contribution >= 0.6 is 11.5 Å². The second-order valence-corrected chi connectivity index (χ2v) is 3.73. The van der Waals surface area contributed by atoms with Crippen LogP contribution in [0.1, 0.15) is 12.2 Å². The third-order valence-electron chi connectivity index (χ3n) is 1.92. The summed E-state index contributed by atoms with van der Waals surface area (Å²) in [7, 11) is 0. The van der Waals surface area contributed by atoms with Gasteiger partial charge in [-0.3, -0.25) is 0 Å². The van der Waals surface area contributed by atoms with Crippen molar-refractivity contribution < 1.29 is 0 Å². The molecule has 1 atom stereocenters. The molecule has 5 heteroatoms. The second kappa shape index (κ2) is 3.37. The van der Waals surface area contributed by atoms with Crippen LogP contribution in [0, 0.1) is 6.92 Å². The smallest absolute Gasteiger partial charge is 0.202 e. The van der Waals surface area contributed by atoms with E-state index >= 15 is 0 Å². The predicted octanol–water partition coefficient (Wildman–Crippen LogP) is 0.620. The van der Waals surface area contributed by atoms with Gasteiger partial charge in [-0.05, 0) is 19.9 Å². The first kappa shape index (κ1) is 7.94. The maximum atomic E-state index is 4.24. The molecule has 0 aliphatic carbocycles. The van der Waals surface area contributed by atoms with Gasteiger partial charge in [0.2, 0.25) is 5.13 Å². The Morgan fingerprint density at radius 1 is 1.67 bits per heavy atom. The first-order valence-corrected chi connectivity index (χ1v) is 4.89. The van der Waals surface area contributed by atoms with Crippen LogP contribution in [-0.4, -0.2) is 28.5 Å². The molecule has 1 saturated heterocycles. The van der Waals surface area contributed by atoms with Crippen LogP contribution in [0.2, 0.25) is 0 Å². The molecule has 0 unspecified atom stereocenters. The number of aryl methyl sites for hydroxylation is 1. The normalized spacial score (nSPS) is 22.9. The largest absolute Gasteiger partial charge is 0.356 e. The molecule has 0 saturated carbocycles. The lowest BCUT2D eigenvalue weighted by molar-refractivity contribution is 0.791. The fraction of sp³-hybridized carbons (Fsp3) is 0.714. The zero-order valence-electron chi connectivity index (χ0n) is 7.00. The highest BCUT2D eigenvalue weighted by molar-refractivity contribution is 7.09. The fourth-order valence-corrected chi connectivity index (χ4v) is 1.96. The fourth-order valence-electron chi connectivity index (χ4n) is 1.31. The van der Waals surface area contributed by atoms with Crippen molar-refractivity contribution in [1.29, 1.82) is 0 Å². The van der Waals surface area contributed by atoms with E-state index in [2.05, 4.69) is 20.0 Å². The van der Waals surface area contributed by atoms with Gasteiger partial charge in [-0.2, -0.15) is 4.37 Å². The number of anilines is 1. The molecule has 0 radical (unpaired) electrons.